The molecule has 2 heterocycles. The molecule has 1 aliphatic rings. The lowest BCUT2D eigenvalue weighted by Gasteiger charge is -2.11. The van der Waals surface area contributed by atoms with Crippen LogP contribution in [0.4, 0.5) is 0 Å². The van der Waals surface area contributed by atoms with Crippen LogP contribution in [0.25, 0.3) is 0 Å². The van der Waals surface area contributed by atoms with E-state index in [2.05, 4.69) is 15.0 Å². The molecule has 20 heavy (non-hydrogen) atoms. The molecule has 1 unspecified atom stereocenters. The first-order valence-corrected chi connectivity index (χ1v) is 9.06. The van der Waals surface area contributed by atoms with Crippen molar-refractivity contribution in [2.75, 3.05) is 19.3 Å². The van der Waals surface area contributed by atoms with Crippen molar-refractivity contribution in [1.29, 1.82) is 0 Å². The Morgan fingerprint density at radius 3 is 2.45 bits per heavy atom. The Kier molecular flexibility index (Phi) is 5.50. The molecule has 2 rings (SSSR count). The summed E-state index contributed by atoms with van der Waals surface area (Å²) in [5, 5.41) is 2.91. The molecular weight excluding hydrogens is 326 g/mol. The van der Waals surface area contributed by atoms with Crippen molar-refractivity contribution in [3.8, 4) is 0 Å². The van der Waals surface area contributed by atoms with E-state index in [1.54, 1.807) is 0 Å². The zero-order chi connectivity index (χ0) is 14.1. The van der Waals surface area contributed by atoms with E-state index in [9.17, 15) is 16.8 Å². The zero-order valence-corrected chi connectivity index (χ0v) is 13.2. The number of pyridine rings is 1. The molecule has 10 heteroatoms. The van der Waals surface area contributed by atoms with Crippen LogP contribution >= 0.6 is 12.4 Å². The summed E-state index contributed by atoms with van der Waals surface area (Å²) < 4.78 is 49.1. The molecule has 1 aromatic heterocycles. The average molecular weight is 342 g/mol. The number of aromatic nitrogens is 1. The molecule has 7 nitrogen and oxygen atoms in total. The predicted octanol–water partition coefficient (Wildman–Crippen LogP) is -0.453. The van der Waals surface area contributed by atoms with Crippen molar-refractivity contribution in [2.24, 2.45) is 0 Å². The Bertz CT molecular complexity index is 652. The van der Waals surface area contributed by atoms with Gasteiger partial charge in [0.25, 0.3) is 0 Å². The van der Waals surface area contributed by atoms with Crippen molar-refractivity contribution in [2.45, 2.75) is 22.4 Å². The highest BCUT2D eigenvalue weighted by Crippen LogP contribution is 2.12. The summed E-state index contributed by atoms with van der Waals surface area (Å²) in [4.78, 5) is 3.63. The van der Waals surface area contributed by atoms with E-state index in [-0.39, 0.29) is 28.4 Å². The van der Waals surface area contributed by atoms with Crippen molar-refractivity contribution in [3.05, 3.63) is 18.3 Å². The lowest BCUT2D eigenvalue weighted by atomic mass is 10.3. The van der Waals surface area contributed by atoms with Crippen LogP contribution in [0.3, 0.4) is 0 Å². The van der Waals surface area contributed by atoms with Gasteiger partial charge in [-0.05, 0) is 25.1 Å². The molecule has 0 saturated carbocycles. The molecule has 0 aromatic carbocycles. The second kappa shape index (κ2) is 6.35. The van der Waals surface area contributed by atoms with E-state index in [4.69, 9.17) is 0 Å². The molecular formula is C10H16ClN3O4S2. The van der Waals surface area contributed by atoms with E-state index < -0.39 is 19.9 Å². The molecule has 1 aliphatic heterocycles. The third-order valence-corrected chi connectivity index (χ3v) is 5.29. The van der Waals surface area contributed by atoms with Gasteiger partial charge < -0.3 is 5.32 Å². The molecule has 0 aliphatic carbocycles. The summed E-state index contributed by atoms with van der Waals surface area (Å²) in [6.07, 6.45) is 2.81. The quantitative estimate of drug-likeness (QED) is 0.768. The number of hydrogen-bond donors (Lipinski definition) is 2. The highest BCUT2D eigenvalue weighted by molar-refractivity contribution is 7.90. The SMILES string of the molecule is CS(=O)(=O)c1ccc(S(=O)(=O)NC2CCNC2)cn1.Cl. The van der Waals surface area contributed by atoms with Gasteiger partial charge in [-0.1, -0.05) is 0 Å². The van der Waals surface area contributed by atoms with Gasteiger partial charge in [-0.3, -0.25) is 0 Å². The van der Waals surface area contributed by atoms with Crippen LogP contribution in [-0.4, -0.2) is 47.2 Å². The average Bonchev–Trinajstić information content (AvgIpc) is 2.80. The van der Waals surface area contributed by atoms with Crippen LogP contribution in [0.2, 0.25) is 0 Å². The summed E-state index contributed by atoms with van der Waals surface area (Å²) in [5.74, 6) is 0. The monoisotopic (exact) mass is 341 g/mol. The van der Waals surface area contributed by atoms with Gasteiger partial charge in [-0.25, -0.2) is 26.5 Å². The highest BCUT2D eigenvalue weighted by atomic mass is 35.5. The Balaban J connectivity index is 0.00000200. The molecule has 1 saturated heterocycles. The maximum atomic E-state index is 12.0. The minimum absolute atomic E-state index is 0. The maximum Gasteiger partial charge on any atom is 0.242 e. The zero-order valence-electron chi connectivity index (χ0n) is 10.7. The van der Waals surface area contributed by atoms with Crippen LogP contribution in [0.5, 0.6) is 0 Å². The molecule has 114 valence electrons. The molecule has 1 atom stereocenters. The maximum absolute atomic E-state index is 12.0. The van der Waals surface area contributed by atoms with Gasteiger partial charge in [0, 0.05) is 25.0 Å². The Labute approximate surface area is 124 Å². The van der Waals surface area contributed by atoms with Gasteiger partial charge in [0.1, 0.15) is 4.90 Å². The molecule has 0 radical (unpaired) electrons. The number of hydrogen-bond acceptors (Lipinski definition) is 6. The summed E-state index contributed by atoms with van der Waals surface area (Å²) in [5.41, 5.74) is 0. The molecule has 1 aromatic rings. The summed E-state index contributed by atoms with van der Waals surface area (Å²) in [6.45, 7) is 1.37. The molecule has 1 fully saturated rings. The fourth-order valence-electron chi connectivity index (χ4n) is 1.79. The fraction of sp³-hybridized carbons (Fsp3) is 0.500. The molecule has 0 amide bonds. The number of sulfonamides is 1. The minimum Gasteiger partial charge on any atom is -0.315 e. The van der Waals surface area contributed by atoms with Gasteiger partial charge in [0.05, 0.1) is 0 Å². The number of nitrogens with zero attached hydrogens (tertiary/aromatic N) is 1. The Morgan fingerprint density at radius 1 is 1.30 bits per heavy atom. The smallest absolute Gasteiger partial charge is 0.242 e. The number of rotatable bonds is 4. The highest BCUT2D eigenvalue weighted by Gasteiger charge is 2.23. The standard InChI is InChI=1S/C10H15N3O4S2.ClH/c1-18(14,15)10-3-2-9(7-12-10)19(16,17)13-8-4-5-11-6-8;/h2-3,7-8,11,13H,4-6H2,1H3;1H. The van der Waals surface area contributed by atoms with Crippen LogP contribution in [0, 0.1) is 0 Å². The topological polar surface area (TPSA) is 105 Å². The van der Waals surface area contributed by atoms with Gasteiger partial charge in [0.2, 0.25) is 10.0 Å². The third-order valence-electron chi connectivity index (χ3n) is 2.78. The first-order valence-electron chi connectivity index (χ1n) is 5.68. The number of nitrogens with one attached hydrogen (secondary N) is 2. The lowest BCUT2D eigenvalue weighted by molar-refractivity contribution is 0.559. The fourth-order valence-corrected chi connectivity index (χ4v) is 3.56. The van der Waals surface area contributed by atoms with Crippen molar-refractivity contribution >= 4 is 32.3 Å². The van der Waals surface area contributed by atoms with Crippen LogP contribution in [0.1, 0.15) is 6.42 Å². The normalized spacial score (nSPS) is 19.6. The van der Waals surface area contributed by atoms with E-state index >= 15 is 0 Å². The molecule has 0 spiro atoms. The predicted molar refractivity (Wildman–Crippen MR) is 76.2 cm³/mol. The molecule has 0 bridgehead atoms. The second-order valence-corrected chi connectivity index (χ2v) is 8.09. The number of halogens is 1. The van der Waals surface area contributed by atoms with Gasteiger partial charge in [-0.15, -0.1) is 12.4 Å². The molecule has 2 N–H and O–H groups in total. The Morgan fingerprint density at radius 2 is 2.00 bits per heavy atom. The van der Waals surface area contributed by atoms with Crippen LogP contribution in [-0.2, 0) is 19.9 Å². The van der Waals surface area contributed by atoms with E-state index in [0.717, 1.165) is 25.4 Å². The first kappa shape index (κ1) is 17.3. The lowest BCUT2D eigenvalue weighted by Crippen LogP contribution is -2.36. The van der Waals surface area contributed by atoms with E-state index in [1.165, 1.54) is 12.1 Å². The third kappa shape index (κ3) is 4.13. The van der Waals surface area contributed by atoms with Gasteiger partial charge >= 0.3 is 0 Å². The van der Waals surface area contributed by atoms with Crippen LogP contribution in [0.15, 0.2) is 28.3 Å². The summed E-state index contributed by atoms with van der Waals surface area (Å²) in [6, 6.07) is 2.30. The van der Waals surface area contributed by atoms with Crippen molar-refractivity contribution < 1.29 is 16.8 Å². The largest absolute Gasteiger partial charge is 0.315 e. The van der Waals surface area contributed by atoms with Crippen molar-refractivity contribution in [1.82, 2.24) is 15.0 Å². The van der Waals surface area contributed by atoms with Gasteiger partial charge in [-0.2, -0.15) is 0 Å². The van der Waals surface area contributed by atoms with Crippen molar-refractivity contribution in [3.63, 3.8) is 0 Å². The second-order valence-electron chi connectivity index (χ2n) is 4.42. The minimum atomic E-state index is -3.65. The number of sulfone groups is 1. The first-order chi connectivity index (χ1) is 8.79. The van der Waals surface area contributed by atoms with E-state index in [1.807, 2.05) is 0 Å². The summed E-state index contributed by atoms with van der Waals surface area (Å²) in [7, 11) is -7.08. The van der Waals surface area contributed by atoms with E-state index in [0.29, 0.717) is 6.54 Å². The van der Waals surface area contributed by atoms with Gasteiger partial charge in [0.15, 0.2) is 14.9 Å². The Hall–Kier alpha value is -0.740. The van der Waals surface area contributed by atoms with Crippen LogP contribution < -0.4 is 10.0 Å². The summed E-state index contributed by atoms with van der Waals surface area (Å²) >= 11 is 0.